The monoisotopic (exact) mass is 256 g/mol. The van der Waals surface area contributed by atoms with Crippen molar-refractivity contribution in [1.82, 2.24) is 0 Å². The Balaban J connectivity index is 1.70. The smallest absolute Gasteiger partial charge is 0.0601 e. The van der Waals surface area contributed by atoms with Gasteiger partial charge >= 0.3 is 0 Å². The molecule has 102 valence electrons. The maximum absolute atomic E-state index is 6.20. The van der Waals surface area contributed by atoms with Crippen LogP contribution in [0.15, 0.2) is 24.3 Å². The van der Waals surface area contributed by atoms with Crippen LogP contribution in [-0.2, 0) is 0 Å². The van der Waals surface area contributed by atoms with Crippen molar-refractivity contribution in [2.24, 2.45) is 17.8 Å². The Kier molecular flexibility index (Phi) is 2.39. The number of nitrogen functional groups attached to an aromatic ring is 1. The van der Waals surface area contributed by atoms with E-state index in [0.717, 1.165) is 23.4 Å². The molecule has 4 fully saturated rings. The van der Waals surface area contributed by atoms with E-state index in [0.29, 0.717) is 5.54 Å². The molecule has 1 aromatic carbocycles. The fourth-order valence-corrected chi connectivity index (χ4v) is 5.52. The molecule has 19 heavy (non-hydrogen) atoms. The lowest BCUT2D eigenvalue weighted by molar-refractivity contribution is -0.00195. The van der Waals surface area contributed by atoms with Crippen molar-refractivity contribution in [3.8, 4) is 0 Å². The molecular weight excluding hydrogens is 232 g/mol. The van der Waals surface area contributed by atoms with Gasteiger partial charge in [-0.1, -0.05) is 12.1 Å². The molecule has 5 rings (SSSR count). The molecule has 2 N–H and O–H groups in total. The second-order valence-electron chi connectivity index (χ2n) is 7.26. The fraction of sp³-hybridized carbons (Fsp3) is 0.647. The van der Waals surface area contributed by atoms with Gasteiger partial charge in [0.15, 0.2) is 0 Å². The summed E-state index contributed by atoms with van der Waals surface area (Å²) >= 11 is 0. The molecule has 0 aromatic heterocycles. The van der Waals surface area contributed by atoms with E-state index in [1.165, 1.54) is 44.2 Å². The number of rotatable bonds is 2. The average molecular weight is 256 g/mol. The summed E-state index contributed by atoms with van der Waals surface area (Å²) in [6.45, 7) is 0. The highest BCUT2D eigenvalue weighted by Gasteiger charge is 2.52. The first-order valence-corrected chi connectivity index (χ1v) is 7.75. The van der Waals surface area contributed by atoms with Gasteiger partial charge in [-0.25, -0.2) is 0 Å². The lowest BCUT2D eigenvalue weighted by atomic mass is 9.52. The molecule has 4 bridgehead atoms. The van der Waals surface area contributed by atoms with Crippen LogP contribution in [0.3, 0.4) is 0 Å². The minimum atomic E-state index is 0.407. The molecule has 2 nitrogen and oxygen atoms in total. The van der Waals surface area contributed by atoms with E-state index in [9.17, 15) is 0 Å². The van der Waals surface area contributed by atoms with E-state index in [-0.39, 0.29) is 0 Å². The van der Waals surface area contributed by atoms with Gasteiger partial charge in [0, 0.05) is 12.6 Å². The van der Waals surface area contributed by atoms with Crippen molar-refractivity contribution in [2.45, 2.75) is 44.1 Å². The largest absolute Gasteiger partial charge is 0.397 e. The Labute approximate surface area is 116 Å². The summed E-state index contributed by atoms with van der Waals surface area (Å²) in [7, 11) is 2.28. The van der Waals surface area contributed by atoms with Gasteiger partial charge in [-0.2, -0.15) is 0 Å². The van der Waals surface area contributed by atoms with Crippen molar-refractivity contribution in [3.63, 3.8) is 0 Å². The standard InChI is InChI=1S/C17H24N2/c1-19(16-5-3-2-4-15(16)18)17-9-12-6-13(10-17)8-14(7-12)11-17/h2-5,12-14H,6-11,18H2,1H3. The summed E-state index contributed by atoms with van der Waals surface area (Å²) in [5.74, 6) is 2.95. The minimum absolute atomic E-state index is 0.407. The van der Waals surface area contributed by atoms with Crippen molar-refractivity contribution < 1.29 is 0 Å². The van der Waals surface area contributed by atoms with E-state index >= 15 is 0 Å². The third kappa shape index (κ3) is 1.69. The van der Waals surface area contributed by atoms with E-state index in [1.54, 1.807) is 0 Å². The molecule has 2 heteroatoms. The highest BCUT2D eigenvalue weighted by molar-refractivity contribution is 5.68. The van der Waals surface area contributed by atoms with E-state index < -0.39 is 0 Å². The third-order valence-electron chi connectivity index (χ3n) is 6.02. The van der Waals surface area contributed by atoms with Crippen LogP contribution in [0, 0.1) is 17.8 Å². The number of hydrogen-bond donors (Lipinski definition) is 1. The van der Waals surface area contributed by atoms with Gasteiger partial charge in [0.05, 0.1) is 11.4 Å². The van der Waals surface area contributed by atoms with Crippen LogP contribution in [0.4, 0.5) is 11.4 Å². The Morgan fingerprint density at radius 3 is 2.05 bits per heavy atom. The first-order chi connectivity index (χ1) is 9.16. The highest BCUT2D eigenvalue weighted by Crippen LogP contribution is 2.58. The molecule has 4 saturated carbocycles. The van der Waals surface area contributed by atoms with Gasteiger partial charge in [-0.3, -0.25) is 0 Å². The summed E-state index contributed by atoms with van der Waals surface area (Å²) in [6.07, 6.45) is 8.67. The van der Waals surface area contributed by atoms with Gasteiger partial charge in [0.25, 0.3) is 0 Å². The van der Waals surface area contributed by atoms with Crippen LogP contribution in [0.1, 0.15) is 38.5 Å². The van der Waals surface area contributed by atoms with Gasteiger partial charge in [-0.05, 0) is 68.4 Å². The van der Waals surface area contributed by atoms with Crippen molar-refractivity contribution in [3.05, 3.63) is 24.3 Å². The van der Waals surface area contributed by atoms with Crippen LogP contribution >= 0.6 is 0 Å². The summed E-state index contributed by atoms with van der Waals surface area (Å²) in [5.41, 5.74) is 8.78. The predicted molar refractivity (Wildman–Crippen MR) is 80.2 cm³/mol. The molecule has 0 heterocycles. The lowest BCUT2D eigenvalue weighted by Gasteiger charge is -2.60. The van der Waals surface area contributed by atoms with E-state index in [1.807, 2.05) is 12.1 Å². The van der Waals surface area contributed by atoms with Crippen LogP contribution in [0.25, 0.3) is 0 Å². The van der Waals surface area contributed by atoms with Crippen molar-refractivity contribution >= 4 is 11.4 Å². The molecule has 0 aliphatic heterocycles. The van der Waals surface area contributed by atoms with Crippen LogP contribution in [0.2, 0.25) is 0 Å². The van der Waals surface area contributed by atoms with Gasteiger partial charge in [-0.15, -0.1) is 0 Å². The molecule has 0 saturated heterocycles. The predicted octanol–water partition coefficient (Wildman–Crippen LogP) is 3.67. The molecule has 0 atom stereocenters. The maximum atomic E-state index is 6.20. The molecule has 0 amide bonds. The topological polar surface area (TPSA) is 29.3 Å². The maximum Gasteiger partial charge on any atom is 0.0601 e. The quantitative estimate of drug-likeness (QED) is 0.818. The SMILES string of the molecule is CN(c1ccccc1N)C12CC3CC(CC(C3)C1)C2. The normalized spacial score (nSPS) is 39.5. The molecule has 4 aliphatic rings. The Morgan fingerprint density at radius 2 is 1.53 bits per heavy atom. The minimum Gasteiger partial charge on any atom is -0.397 e. The van der Waals surface area contributed by atoms with E-state index in [2.05, 4.69) is 24.1 Å². The second-order valence-corrected chi connectivity index (χ2v) is 7.26. The lowest BCUT2D eigenvalue weighted by Crippen LogP contribution is -2.59. The van der Waals surface area contributed by atoms with Crippen LogP contribution in [-0.4, -0.2) is 12.6 Å². The van der Waals surface area contributed by atoms with Crippen molar-refractivity contribution in [1.29, 1.82) is 0 Å². The molecule has 0 unspecified atom stereocenters. The highest BCUT2D eigenvalue weighted by atomic mass is 15.2. The van der Waals surface area contributed by atoms with Gasteiger partial charge in [0.1, 0.15) is 0 Å². The first-order valence-electron chi connectivity index (χ1n) is 7.75. The summed E-state index contributed by atoms with van der Waals surface area (Å²) < 4.78 is 0. The van der Waals surface area contributed by atoms with Crippen molar-refractivity contribution in [2.75, 3.05) is 17.7 Å². The molecule has 4 aliphatic carbocycles. The zero-order valence-electron chi connectivity index (χ0n) is 11.8. The number of nitrogens with two attached hydrogens (primary N) is 1. The average Bonchev–Trinajstić information content (AvgIpc) is 2.37. The fourth-order valence-electron chi connectivity index (χ4n) is 5.52. The molecular formula is C17H24N2. The van der Waals surface area contributed by atoms with Gasteiger partial charge < -0.3 is 10.6 Å². The van der Waals surface area contributed by atoms with E-state index in [4.69, 9.17) is 5.73 Å². The molecule has 1 aromatic rings. The Morgan fingerprint density at radius 1 is 1.00 bits per heavy atom. The first kappa shape index (κ1) is 11.6. The number of hydrogen-bond acceptors (Lipinski definition) is 2. The summed E-state index contributed by atoms with van der Waals surface area (Å²) in [6, 6.07) is 8.37. The van der Waals surface area contributed by atoms with Gasteiger partial charge in [0.2, 0.25) is 0 Å². The number of anilines is 2. The van der Waals surface area contributed by atoms with Crippen LogP contribution < -0.4 is 10.6 Å². The zero-order chi connectivity index (χ0) is 13.0. The summed E-state index contributed by atoms with van der Waals surface area (Å²) in [4.78, 5) is 2.53. The Hall–Kier alpha value is -1.18. The number of nitrogens with zero attached hydrogens (tertiary/aromatic N) is 1. The third-order valence-corrected chi connectivity index (χ3v) is 6.02. The second kappa shape index (κ2) is 3.91. The molecule has 0 spiro atoms. The Bertz CT molecular complexity index is 459. The van der Waals surface area contributed by atoms with Crippen LogP contribution in [0.5, 0.6) is 0 Å². The molecule has 0 radical (unpaired) electrons. The number of benzene rings is 1. The number of para-hydroxylation sites is 2. The summed E-state index contributed by atoms with van der Waals surface area (Å²) in [5, 5.41) is 0. The zero-order valence-corrected chi connectivity index (χ0v) is 11.8.